The number of carbonyl (C=O) groups is 1. The van der Waals surface area contributed by atoms with Crippen molar-refractivity contribution in [2.75, 3.05) is 11.9 Å². The van der Waals surface area contributed by atoms with Crippen LogP contribution in [0.15, 0.2) is 30.3 Å². The van der Waals surface area contributed by atoms with Crippen molar-refractivity contribution in [2.45, 2.75) is 45.4 Å². The second-order valence-electron chi connectivity index (χ2n) is 7.34. The lowest BCUT2D eigenvalue weighted by Gasteiger charge is -2.35. The van der Waals surface area contributed by atoms with Gasteiger partial charge in [0.1, 0.15) is 5.82 Å². The van der Waals surface area contributed by atoms with Gasteiger partial charge in [0, 0.05) is 25.1 Å². The fourth-order valence-electron chi connectivity index (χ4n) is 3.86. The van der Waals surface area contributed by atoms with E-state index in [0.29, 0.717) is 13.0 Å². The van der Waals surface area contributed by atoms with Gasteiger partial charge in [0.05, 0.1) is 5.69 Å². The highest BCUT2D eigenvalue weighted by atomic mass is 16.1. The van der Waals surface area contributed by atoms with E-state index in [4.69, 9.17) is 5.73 Å². The molecule has 25 heavy (non-hydrogen) atoms. The molecule has 1 fully saturated rings. The number of nitrogens with zero attached hydrogens (tertiary/aromatic N) is 2. The lowest BCUT2D eigenvalue weighted by atomic mass is 9.71. The first kappa shape index (κ1) is 17.7. The first-order valence-corrected chi connectivity index (χ1v) is 9.13. The van der Waals surface area contributed by atoms with Gasteiger partial charge in [-0.25, -0.2) is 0 Å². The first-order valence-electron chi connectivity index (χ1n) is 9.13. The van der Waals surface area contributed by atoms with Crippen molar-refractivity contribution in [3.05, 3.63) is 35.9 Å². The zero-order valence-corrected chi connectivity index (χ0v) is 15.2. The minimum atomic E-state index is -0.0280. The summed E-state index contributed by atoms with van der Waals surface area (Å²) in [5.74, 6) is 0.762. The fourth-order valence-corrected chi connectivity index (χ4v) is 3.86. The number of aromatic nitrogens is 2. The molecule has 0 unspecified atom stereocenters. The summed E-state index contributed by atoms with van der Waals surface area (Å²) < 4.78 is 1.73. The van der Waals surface area contributed by atoms with E-state index in [2.05, 4.69) is 29.5 Å². The third-order valence-corrected chi connectivity index (χ3v) is 5.45. The van der Waals surface area contributed by atoms with Gasteiger partial charge in [0.25, 0.3) is 0 Å². The maximum Gasteiger partial charge on any atom is 0.226 e. The summed E-state index contributed by atoms with van der Waals surface area (Å²) in [7, 11) is 1.86. The van der Waals surface area contributed by atoms with E-state index in [1.165, 1.54) is 24.8 Å². The minimum absolute atomic E-state index is 0.0280. The molecule has 1 aromatic carbocycles. The lowest BCUT2D eigenvalue weighted by Crippen LogP contribution is -2.36. The molecule has 134 valence electrons. The molecule has 2 aromatic rings. The molecular formula is C20H28N4O. The molecule has 1 aromatic heterocycles. The number of anilines is 1. The van der Waals surface area contributed by atoms with E-state index in [0.717, 1.165) is 29.9 Å². The van der Waals surface area contributed by atoms with Gasteiger partial charge >= 0.3 is 0 Å². The van der Waals surface area contributed by atoms with E-state index in [1.807, 2.05) is 25.2 Å². The van der Waals surface area contributed by atoms with Gasteiger partial charge in [-0.2, -0.15) is 5.10 Å². The molecule has 5 nitrogen and oxygen atoms in total. The summed E-state index contributed by atoms with van der Waals surface area (Å²) in [5, 5.41) is 7.59. The van der Waals surface area contributed by atoms with E-state index in [-0.39, 0.29) is 11.3 Å². The number of aryl methyl sites for hydroxylation is 2. The van der Waals surface area contributed by atoms with Gasteiger partial charge in [-0.15, -0.1) is 0 Å². The molecular weight excluding hydrogens is 312 g/mol. The Morgan fingerprint density at radius 3 is 2.68 bits per heavy atom. The molecule has 1 aliphatic carbocycles. The van der Waals surface area contributed by atoms with Crippen molar-refractivity contribution in [1.29, 1.82) is 0 Å². The second-order valence-corrected chi connectivity index (χ2v) is 7.34. The average molecular weight is 340 g/mol. The number of benzene rings is 1. The topological polar surface area (TPSA) is 72.9 Å². The van der Waals surface area contributed by atoms with Crippen LogP contribution in [-0.2, 0) is 11.8 Å². The molecule has 1 amide bonds. The molecule has 0 spiro atoms. The zero-order chi connectivity index (χ0) is 17.9. The largest absolute Gasteiger partial charge is 0.330 e. The summed E-state index contributed by atoms with van der Waals surface area (Å²) in [4.78, 5) is 12.6. The molecule has 1 saturated carbocycles. The first-order chi connectivity index (χ1) is 12.0. The van der Waals surface area contributed by atoms with Crippen LogP contribution in [0, 0.1) is 12.3 Å². The van der Waals surface area contributed by atoms with Crippen LogP contribution in [-0.4, -0.2) is 22.2 Å². The predicted octanol–water partition coefficient (Wildman–Crippen LogP) is 3.63. The van der Waals surface area contributed by atoms with E-state index < -0.39 is 0 Å². The van der Waals surface area contributed by atoms with Gasteiger partial charge in [0.15, 0.2) is 0 Å². The van der Waals surface area contributed by atoms with Crippen molar-refractivity contribution in [2.24, 2.45) is 18.2 Å². The highest BCUT2D eigenvalue weighted by Crippen LogP contribution is 2.38. The smallest absolute Gasteiger partial charge is 0.226 e. The Kier molecular flexibility index (Phi) is 5.23. The molecule has 0 radical (unpaired) electrons. The number of hydrogen-bond donors (Lipinski definition) is 2. The van der Waals surface area contributed by atoms with Gasteiger partial charge < -0.3 is 11.1 Å². The van der Waals surface area contributed by atoms with Crippen molar-refractivity contribution >= 4 is 11.7 Å². The quantitative estimate of drug-likeness (QED) is 0.873. The van der Waals surface area contributed by atoms with Crippen LogP contribution in [0.3, 0.4) is 0 Å². The maximum atomic E-state index is 12.6. The summed E-state index contributed by atoms with van der Waals surface area (Å²) >= 11 is 0. The Morgan fingerprint density at radius 2 is 2.00 bits per heavy atom. The van der Waals surface area contributed by atoms with Crippen LogP contribution < -0.4 is 11.1 Å². The Labute approximate surface area is 149 Å². The van der Waals surface area contributed by atoms with Crippen molar-refractivity contribution in [3.63, 3.8) is 0 Å². The standard InChI is InChI=1S/C20H28N4O/c1-15-8-4-5-9-16(15)17-12-18(24(2)23-17)22-19(25)13-20(14-21)10-6-3-7-11-20/h4-5,8-9,12H,3,6-7,10-11,13-14,21H2,1-2H3,(H,22,25). The van der Waals surface area contributed by atoms with Crippen molar-refractivity contribution in [1.82, 2.24) is 9.78 Å². The maximum absolute atomic E-state index is 12.6. The van der Waals surface area contributed by atoms with Gasteiger partial charge in [0.2, 0.25) is 5.91 Å². The normalized spacial score (nSPS) is 16.6. The minimum Gasteiger partial charge on any atom is -0.330 e. The summed E-state index contributed by atoms with van der Waals surface area (Å²) in [6.45, 7) is 2.65. The molecule has 5 heteroatoms. The molecule has 0 bridgehead atoms. The van der Waals surface area contributed by atoms with Gasteiger partial charge in [-0.3, -0.25) is 9.48 Å². The number of carbonyl (C=O) groups excluding carboxylic acids is 1. The average Bonchev–Trinajstić information content (AvgIpc) is 2.96. The monoisotopic (exact) mass is 340 g/mol. The Bertz CT molecular complexity index is 744. The van der Waals surface area contributed by atoms with Crippen LogP contribution in [0.1, 0.15) is 44.1 Å². The SMILES string of the molecule is Cc1ccccc1-c1cc(NC(=O)CC2(CN)CCCCC2)n(C)n1. The molecule has 0 aliphatic heterocycles. The predicted molar refractivity (Wildman–Crippen MR) is 101 cm³/mol. The number of rotatable bonds is 5. The van der Waals surface area contributed by atoms with E-state index in [1.54, 1.807) is 4.68 Å². The molecule has 3 rings (SSSR count). The van der Waals surface area contributed by atoms with E-state index in [9.17, 15) is 4.79 Å². The fraction of sp³-hybridized carbons (Fsp3) is 0.500. The van der Waals surface area contributed by atoms with Crippen LogP contribution in [0.4, 0.5) is 5.82 Å². The Morgan fingerprint density at radius 1 is 1.28 bits per heavy atom. The molecule has 1 aliphatic rings. The van der Waals surface area contributed by atoms with Crippen molar-refractivity contribution in [3.8, 4) is 11.3 Å². The van der Waals surface area contributed by atoms with Crippen LogP contribution >= 0.6 is 0 Å². The molecule has 3 N–H and O–H groups in total. The highest BCUT2D eigenvalue weighted by molar-refractivity contribution is 5.91. The Balaban J connectivity index is 1.73. The molecule has 1 heterocycles. The van der Waals surface area contributed by atoms with Crippen LogP contribution in [0.2, 0.25) is 0 Å². The summed E-state index contributed by atoms with van der Waals surface area (Å²) in [6.07, 6.45) is 6.20. The number of nitrogens with one attached hydrogen (secondary N) is 1. The third kappa shape index (κ3) is 3.93. The highest BCUT2D eigenvalue weighted by Gasteiger charge is 2.33. The third-order valence-electron chi connectivity index (χ3n) is 5.45. The molecule has 0 saturated heterocycles. The summed E-state index contributed by atoms with van der Waals surface area (Å²) in [6, 6.07) is 10.1. The van der Waals surface area contributed by atoms with Crippen LogP contribution in [0.5, 0.6) is 0 Å². The van der Waals surface area contributed by atoms with Crippen molar-refractivity contribution < 1.29 is 4.79 Å². The van der Waals surface area contributed by atoms with Gasteiger partial charge in [-0.05, 0) is 37.3 Å². The second kappa shape index (κ2) is 7.40. The van der Waals surface area contributed by atoms with Crippen LogP contribution in [0.25, 0.3) is 11.3 Å². The lowest BCUT2D eigenvalue weighted by molar-refractivity contribution is -0.118. The number of amides is 1. The zero-order valence-electron chi connectivity index (χ0n) is 15.2. The van der Waals surface area contributed by atoms with Gasteiger partial charge in [-0.1, -0.05) is 43.5 Å². The number of nitrogens with two attached hydrogens (primary N) is 1. The Hall–Kier alpha value is -2.14. The summed E-state index contributed by atoms with van der Waals surface area (Å²) in [5.41, 5.74) is 9.11. The molecule has 0 atom stereocenters. The van der Waals surface area contributed by atoms with E-state index >= 15 is 0 Å². The number of hydrogen-bond acceptors (Lipinski definition) is 3.